The largest absolute Gasteiger partial charge is 0.393 e. The third-order valence-electron chi connectivity index (χ3n) is 9.07. The first-order chi connectivity index (χ1) is 14.6. The molecule has 4 aliphatic rings. The van der Waals surface area contributed by atoms with Crippen LogP contribution >= 0.6 is 0 Å². The number of allylic oxidation sites excluding steroid dienone is 3. The maximum absolute atomic E-state index is 10.3. The summed E-state index contributed by atoms with van der Waals surface area (Å²) in [5, 5.41) is 30.6. The average Bonchev–Trinajstić information content (AvgIpc) is 3.22. The number of β-amino-alcohol motifs (C(OH)–C–C–N with tert-alkyl or cyclic N) is 1. The number of rotatable bonds is 4. The van der Waals surface area contributed by atoms with Crippen molar-refractivity contribution >= 4 is 0 Å². The Labute approximate surface area is 188 Å². The predicted molar refractivity (Wildman–Crippen MR) is 126 cm³/mol. The molecule has 1 heterocycles. The first-order valence-electron chi connectivity index (χ1n) is 12.5. The summed E-state index contributed by atoms with van der Waals surface area (Å²) in [5.74, 6) is 2.01. The molecule has 3 saturated carbocycles. The summed E-state index contributed by atoms with van der Waals surface area (Å²) in [4.78, 5) is 2.47. The van der Waals surface area contributed by atoms with Crippen molar-refractivity contribution < 1.29 is 15.3 Å². The zero-order valence-electron chi connectivity index (χ0n) is 19.8. The van der Waals surface area contributed by atoms with Crippen LogP contribution < -0.4 is 0 Å². The van der Waals surface area contributed by atoms with Crippen LogP contribution in [0.3, 0.4) is 0 Å². The van der Waals surface area contributed by atoms with E-state index in [0.717, 1.165) is 49.5 Å². The van der Waals surface area contributed by atoms with Gasteiger partial charge in [-0.3, -0.25) is 0 Å². The van der Waals surface area contributed by atoms with Crippen LogP contribution in [0.2, 0.25) is 0 Å². The Kier molecular flexibility index (Phi) is 6.58. The number of fused-ring (bicyclic) bond motifs is 1. The molecule has 0 unspecified atom stereocenters. The number of hydrogen-bond acceptors (Lipinski definition) is 4. The molecule has 1 saturated heterocycles. The van der Waals surface area contributed by atoms with E-state index in [0.29, 0.717) is 30.1 Å². The highest BCUT2D eigenvalue weighted by molar-refractivity contribution is 5.38. The normalized spacial score (nSPS) is 45.4. The van der Waals surface area contributed by atoms with Gasteiger partial charge >= 0.3 is 0 Å². The maximum atomic E-state index is 10.3. The molecule has 174 valence electrons. The minimum atomic E-state index is -0.618. The Balaban J connectivity index is 1.47. The molecule has 0 aromatic carbocycles. The number of aliphatic hydroxyl groups is 3. The lowest BCUT2D eigenvalue weighted by Crippen LogP contribution is -2.40. The van der Waals surface area contributed by atoms with E-state index >= 15 is 0 Å². The van der Waals surface area contributed by atoms with Gasteiger partial charge in [-0.2, -0.15) is 0 Å². The molecule has 4 rings (SSSR count). The van der Waals surface area contributed by atoms with E-state index in [9.17, 15) is 15.3 Å². The number of nitrogens with zero attached hydrogens (tertiary/aromatic N) is 1. The minimum Gasteiger partial charge on any atom is -0.393 e. The summed E-state index contributed by atoms with van der Waals surface area (Å²) >= 11 is 0. The van der Waals surface area contributed by atoms with Gasteiger partial charge in [0, 0.05) is 26.1 Å². The van der Waals surface area contributed by atoms with Crippen molar-refractivity contribution in [3.05, 3.63) is 35.5 Å². The van der Waals surface area contributed by atoms with E-state index in [2.05, 4.69) is 37.5 Å². The zero-order chi connectivity index (χ0) is 22.4. The molecule has 3 aliphatic carbocycles. The van der Waals surface area contributed by atoms with Crippen molar-refractivity contribution in [3.8, 4) is 0 Å². The SMILES string of the molecule is C=C1/C(=C\C=C2/CCC[C@]3(C)[C@@H]([C@H](C)CN4CC[C@@](C)(O)C4)CC[C@@H]23)C[C@@H](O)C[C@@H]1O. The number of hydrogen-bond donors (Lipinski definition) is 3. The van der Waals surface area contributed by atoms with E-state index in [1.54, 1.807) is 5.57 Å². The molecule has 0 aromatic rings. The van der Waals surface area contributed by atoms with Gasteiger partial charge < -0.3 is 20.2 Å². The van der Waals surface area contributed by atoms with Gasteiger partial charge in [-0.1, -0.05) is 38.2 Å². The first-order valence-corrected chi connectivity index (χ1v) is 12.5. The van der Waals surface area contributed by atoms with Crippen LogP contribution in [0.4, 0.5) is 0 Å². The maximum Gasteiger partial charge on any atom is 0.0811 e. The summed E-state index contributed by atoms with van der Waals surface area (Å²) in [6.45, 7) is 13.9. The van der Waals surface area contributed by atoms with Gasteiger partial charge in [-0.15, -0.1) is 0 Å². The average molecular weight is 430 g/mol. The van der Waals surface area contributed by atoms with Crippen LogP contribution in [-0.2, 0) is 0 Å². The van der Waals surface area contributed by atoms with E-state index in [4.69, 9.17) is 0 Å². The van der Waals surface area contributed by atoms with Gasteiger partial charge in [0.1, 0.15) is 0 Å². The topological polar surface area (TPSA) is 63.9 Å². The van der Waals surface area contributed by atoms with Crippen LogP contribution in [0, 0.1) is 23.2 Å². The molecular formula is C27H43NO3. The van der Waals surface area contributed by atoms with Gasteiger partial charge in [-0.25, -0.2) is 0 Å². The van der Waals surface area contributed by atoms with Crippen LogP contribution in [0.25, 0.3) is 0 Å². The Bertz CT molecular complexity index is 754. The fourth-order valence-electron chi connectivity index (χ4n) is 7.41. The smallest absolute Gasteiger partial charge is 0.0811 e. The summed E-state index contributed by atoms with van der Waals surface area (Å²) in [6, 6.07) is 0. The molecule has 4 heteroatoms. The molecule has 31 heavy (non-hydrogen) atoms. The van der Waals surface area contributed by atoms with Crippen LogP contribution in [-0.4, -0.2) is 57.7 Å². The molecule has 3 N–H and O–H groups in total. The highest BCUT2D eigenvalue weighted by Crippen LogP contribution is 2.59. The summed E-state index contributed by atoms with van der Waals surface area (Å²) < 4.78 is 0. The Morgan fingerprint density at radius 1 is 1.19 bits per heavy atom. The Morgan fingerprint density at radius 3 is 2.68 bits per heavy atom. The summed E-state index contributed by atoms with van der Waals surface area (Å²) in [7, 11) is 0. The van der Waals surface area contributed by atoms with Gasteiger partial charge in [0.05, 0.1) is 17.8 Å². The van der Waals surface area contributed by atoms with E-state index in [-0.39, 0.29) is 0 Å². The zero-order valence-corrected chi connectivity index (χ0v) is 19.8. The molecule has 7 atom stereocenters. The monoisotopic (exact) mass is 429 g/mol. The van der Waals surface area contributed by atoms with Crippen molar-refractivity contribution in [2.24, 2.45) is 23.2 Å². The molecule has 0 radical (unpaired) electrons. The lowest BCUT2D eigenvalue weighted by Gasteiger charge is -2.45. The van der Waals surface area contributed by atoms with Gasteiger partial charge in [-0.05, 0) is 86.2 Å². The quantitative estimate of drug-likeness (QED) is 0.626. The second-order valence-corrected chi connectivity index (χ2v) is 11.6. The third-order valence-corrected chi connectivity index (χ3v) is 9.07. The van der Waals surface area contributed by atoms with E-state index in [1.165, 1.54) is 25.7 Å². The van der Waals surface area contributed by atoms with Gasteiger partial charge in [0.2, 0.25) is 0 Å². The fourth-order valence-corrected chi connectivity index (χ4v) is 7.41. The molecule has 0 bridgehead atoms. The lowest BCUT2D eigenvalue weighted by molar-refractivity contribution is 0.0549. The highest BCUT2D eigenvalue weighted by atomic mass is 16.3. The van der Waals surface area contributed by atoms with Crippen LogP contribution in [0.5, 0.6) is 0 Å². The molecule has 0 amide bonds. The van der Waals surface area contributed by atoms with Crippen LogP contribution in [0.15, 0.2) is 35.5 Å². The number of aliphatic hydroxyl groups excluding tert-OH is 2. The standard InChI is InChI=1S/C27H43NO3/c1-18(16-28-13-12-26(3,31)17-28)23-9-10-24-20(6-5-11-27(23,24)4)7-8-21-14-22(29)15-25(30)19(21)2/h7-8,18,22-25,29-31H,2,5-6,9-17H2,1,3-4H3/b20-7+,21-8-/t18-,22-,23-,24+,25+,26-,27-/m1/s1. The Hall–Kier alpha value is -0.940. The minimum absolute atomic E-state index is 0.354. The third kappa shape index (κ3) is 4.73. The van der Waals surface area contributed by atoms with E-state index < -0.39 is 17.8 Å². The van der Waals surface area contributed by atoms with Crippen molar-refractivity contribution in [1.29, 1.82) is 0 Å². The number of likely N-dealkylation sites (tertiary alicyclic amines) is 1. The molecule has 1 aliphatic heterocycles. The molecule has 0 aromatic heterocycles. The van der Waals surface area contributed by atoms with Gasteiger partial charge in [0.25, 0.3) is 0 Å². The van der Waals surface area contributed by atoms with Crippen molar-refractivity contribution in [2.75, 3.05) is 19.6 Å². The highest BCUT2D eigenvalue weighted by Gasteiger charge is 2.51. The second kappa shape index (κ2) is 8.78. The lowest BCUT2D eigenvalue weighted by atomic mass is 9.61. The van der Waals surface area contributed by atoms with E-state index in [1.807, 2.05) is 6.92 Å². The Morgan fingerprint density at radius 2 is 1.97 bits per heavy atom. The fraction of sp³-hybridized carbons (Fsp3) is 0.778. The molecule has 0 spiro atoms. The van der Waals surface area contributed by atoms with Crippen LogP contribution in [0.1, 0.15) is 72.1 Å². The van der Waals surface area contributed by atoms with Gasteiger partial charge in [0.15, 0.2) is 0 Å². The van der Waals surface area contributed by atoms with Crippen molar-refractivity contribution in [3.63, 3.8) is 0 Å². The molecular weight excluding hydrogens is 386 g/mol. The predicted octanol–water partition coefficient (Wildman–Crippen LogP) is 4.22. The summed E-state index contributed by atoms with van der Waals surface area (Å²) in [5.41, 5.74) is 3.19. The second-order valence-electron chi connectivity index (χ2n) is 11.6. The van der Waals surface area contributed by atoms with Crippen molar-refractivity contribution in [2.45, 2.75) is 89.9 Å². The van der Waals surface area contributed by atoms with Crippen molar-refractivity contribution in [1.82, 2.24) is 4.90 Å². The molecule has 4 fully saturated rings. The summed E-state index contributed by atoms with van der Waals surface area (Å²) in [6.07, 6.45) is 11.5. The molecule has 4 nitrogen and oxygen atoms in total. The first kappa shape index (κ1) is 23.2.